The lowest BCUT2D eigenvalue weighted by molar-refractivity contribution is -0.167. The molecule has 0 aliphatic carbocycles. The van der Waals surface area contributed by atoms with Crippen LogP contribution in [0.25, 0.3) is 0 Å². The maximum Gasteiger partial charge on any atom is 0.311 e. The highest BCUT2D eigenvalue weighted by Gasteiger charge is 2.47. The fourth-order valence-corrected chi connectivity index (χ4v) is 3.34. The van der Waals surface area contributed by atoms with Gasteiger partial charge in [0.25, 0.3) is 0 Å². The SMILES string of the molecule is CCC(C)(CC(C)(CC(C)C(=O)OCCOC)C(=O)OCCOC)C(=O)OCCOC. The molecule has 31 heavy (non-hydrogen) atoms. The van der Waals surface area contributed by atoms with Gasteiger partial charge < -0.3 is 28.4 Å². The van der Waals surface area contributed by atoms with Gasteiger partial charge in [0.1, 0.15) is 19.8 Å². The first-order valence-electron chi connectivity index (χ1n) is 10.6. The van der Waals surface area contributed by atoms with Gasteiger partial charge in [-0.25, -0.2) is 0 Å². The van der Waals surface area contributed by atoms with Crippen molar-refractivity contribution in [2.24, 2.45) is 16.7 Å². The molecule has 3 atom stereocenters. The van der Waals surface area contributed by atoms with Crippen molar-refractivity contribution in [1.29, 1.82) is 0 Å². The summed E-state index contributed by atoms with van der Waals surface area (Å²) >= 11 is 0. The molecule has 0 fully saturated rings. The molecule has 0 saturated heterocycles. The van der Waals surface area contributed by atoms with Crippen LogP contribution < -0.4 is 0 Å². The molecule has 0 heterocycles. The van der Waals surface area contributed by atoms with Crippen LogP contribution in [0.15, 0.2) is 0 Å². The van der Waals surface area contributed by atoms with Crippen LogP contribution >= 0.6 is 0 Å². The van der Waals surface area contributed by atoms with Gasteiger partial charge >= 0.3 is 17.9 Å². The lowest BCUT2D eigenvalue weighted by Crippen LogP contribution is -2.42. The first-order valence-corrected chi connectivity index (χ1v) is 10.6. The van der Waals surface area contributed by atoms with Crippen LogP contribution in [0.3, 0.4) is 0 Å². The summed E-state index contributed by atoms with van der Waals surface area (Å²) in [6.45, 7) is 8.17. The molecule has 0 bridgehead atoms. The predicted octanol–water partition coefficient (Wildman–Crippen LogP) is 2.39. The minimum Gasteiger partial charge on any atom is -0.463 e. The third-order valence-electron chi connectivity index (χ3n) is 5.28. The average Bonchev–Trinajstić information content (AvgIpc) is 2.73. The highest BCUT2D eigenvalue weighted by atomic mass is 16.6. The Morgan fingerprint density at radius 1 is 0.710 bits per heavy atom. The maximum atomic E-state index is 13.0. The number of esters is 3. The van der Waals surface area contributed by atoms with E-state index in [0.717, 1.165) is 0 Å². The Hall–Kier alpha value is -1.71. The van der Waals surface area contributed by atoms with Crippen molar-refractivity contribution in [3.63, 3.8) is 0 Å². The largest absolute Gasteiger partial charge is 0.463 e. The zero-order valence-corrected chi connectivity index (χ0v) is 20.1. The molecule has 0 rings (SSSR count). The number of carbonyl (C=O) groups is 3. The number of rotatable bonds is 17. The van der Waals surface area contributed by atoms with Crippen LogP contribution in [0.4, 0.5) is 0 Å². The van der Waals surface area contributed by atoms with E-state index in [1.807, 2.05) is 6.92 Å². The lowest BCUT2D eigenvalue weighted by atomic mass is 9.68. The van der Waals surface area contributed by atoms with Gasteiger partial charge in [-0.1, -0.05) is 13.8 Å². The Labute approximate surface area is 186 Å². The molecule has 0 aliphatic heterocycles. The first kappa shape index (κ1) is 29.3. The van der Waals surface area contributed by atoms with Gasteiger partial charge in [0, 0.05) is 21.3 Å². The topological polar surface area (TPSA) is 107 Å². The van der Waals surface area contributed by atoms with Gasteiger partial charge in [-0.05, 0) is 33.1 Å². The Morgan fingerprint density at radius 3 is 1.55 bits per heavy atom. The van der Waals surface area contributed by atoms with Crippen LogP contribution in [-0.4, -0.2) is 78.9 Å². The second-order valence-corrected chi connectivity index (χ2v) is 8.17. The summed E-state index contributed by atoms with van der Waals surface area (Å²) in [6.07, 6.45) is 0.766. The summed E-state index contributed by atoms with van der Waals surface area (Å²) in [5, 5.41) is 0. The normalized spacial score (nSPS) is 16.0. The van der Waals surface area contributed by atoms with Crippen molar-refractivity contribution >= 4 is 17.9 Å². The van der Waals surface area contributed by atoms with E-state index in [2.05, 4.69) is 0 Å². The summed E-state index contributed by atoms with van der Waals surface area (Å²) in [5.41, 5.74) is -2.05. The van der Waals surface area contributed by atoms with E-state index in [9.17, 15) is 14.4 Å². The zero-order valence-electron chi connectivity index (χ0n) is 20.1. The van der Waals surface area contributed by atoms with Crippen LogP contribution in [0, 0.1) is 16.7 Å². The Balaban J connectivity index is 5.51. The van der Waals surface area contributed by atoms with Gasteiger partial charge in [-0.15, -0.1) is 0 Å². The van der Waals surface area contributed by atoms with Gasteiger partial charge in [0.15, 0.2) is 0 Å². The molecule has 0 aliphatic rings. The van der Waals surface area contributed by atoms with Gasteiger partial charge in [0.05, 0.1) is 36.6 Å². The monoisotopic (exact) mass is 448 g/mol. The molecule has 3 unspecified atom stereocenters. The number of hydrogen-bond donors (Lipinski definition) is 0. The molecule has 0 aromatic heterocycles. The lowest BCUT2D eigenvalue weighted by Gasteiger charge is -2.37. The van der Waals surface area contributed by atoms with Gasteiger partial charge in [-0.2, -0.15) is 0 Å². The van der Waals surface area contributed by atoms with E-state index in [1.54, 1.807) is 20.8 Å². The third-order valence-corrected chi connectivity index (χ3v) is 5.28. The third kappa shape index (κ3) is 10.4. The number of carbonyl (C=O) groups excluding carboxylic acids is 3. The Kier molecular flexibility index (Phi) is 14.3. The molecule has 0 aromatic rings. The molecule has 0 amide bonds. The highest BCUT2D eigenvalue weighted by Crippen LogP contribution is 2.42. The summed E-state index contributed by atoms with van der Waals surface area (Å²) in [7, 11) is 4.55. The van der Waals surface area contributed by atoms with Crippen molar-refractivity contribution in [2.45, 2.75) is 47.0 Å². The predicted molar refractivity (Wildman–Crippen MR) is 113 cm³/mol. The van der Waals surface area contributed by atoms with Crippen molar-refractivity contribution in [1.82, 2.24) is 0 Å². The van der Waals surface area contributed by atoms with E-state index in [4.69, 9.17) is 28.4 Å². The standard InChI is InChI=1S/C22H40O9/c1-8-21(3,19(24)30-13-10-27-6)16-22(4,20(25)31-14-11-28-7)15-17(2)18(23)29-12-9-26-5/h17H,8-16H2,1-7H3. The molecule has 0 radical (unpaired) electrons. The molecule has 182 valence electrons. The second kappa shape index (κ2) is 15.2. The average molecular weight is 449 g/mol. The number of methoxy groups -OCH3 is 3. The quantitative estimate of drug-likeness (QED) is 0.188. The molecular formula is C22H40O9. The van der Waals surface area contributed by atoms with Gasteiger partial charge in [-0.3, -0.25) is 14.4 Å². The highest BCUT2D eigenvalue weighted by molar-refractivity contribution is 5.81. The van der Waals surface area contributed by atoms with Crippen molar-refractivity contribution in [3.8, 4) is 0 Å². The minimum absolute atomic E-state index is 0.0821. The van der Waals surface area contributed by atoms with Crippen molar-refractivity contribution in [3.05, 3.63) is 0 Å². The van der Waals surface area contributed by atoms with E-state index in [0.29, 0.717) is 6.42 Å². The van der Waals surface area contributed by atoms with Gasteiger partial charge in [0.2, 0.25) is 0 Å². The van der Waals surface area contributed by atoms with Crippen LogP contribution in [0.2, 0.25) is 0 Å². The fraction of sp³-hybridized carbons (Fsp3) is 0.864. The smallest absolute Gasteiger partial charge is 0.311 e. The van der Waals surface area contributed by atoms with E-state index < -0.39 is 34.7 Å². The van der Waals surface area contributed by atoms with Crippen LogP contribution in [0.1, 0.15) is 47.0 Å². The molecule has 0 aromatic carbocycles. The molecule has 0 N–H and O–H groups in total. The molecule has 0 spiro atoms. The minimum atomic E-state index is -1.11. The summed E-state index contributed by atoms with van der Waals surface area (Å²) < 4.78 is 30.7. The van der Waals surface area contributed by atoms with Crippen LogP contribution in [-0.2, 0) is 42.8 Å². The molecule has 9 nitrogen and oxygen atoms in total. The van der Waals surface area contributed by atoms with E-state index in [-0.39, 0.29) is 52.5 Å². The fourth-order valence-electron chi connectivity index (χ4n) is 3.34. The molecule has 0 saturated carbocycles. The summed E-state index contributed by atoms with van der Waals surface area (Å²) in [5.74, 6) is -1.93. The maximum absolute atomic E-state index is 13.0. The summed E-state index contributed by atoms with van der Waals surface area (Å²) in [6, 6.07) is 0. The number of ether oxygens (including phenoxy) is 6. The Morgan fingerprint density at radius 2 is 1.13 bits per heavy atom. The van der Waals surface area contributed by atoms with E-state index in [1.165, 1.54) is 21.3 Å². The van der Waals surface area contributed by atoms with Crippen molar-refractivity contribution < 1.29 is 42.8 Å². The van der Waals surface area contributed by atoms with Crippen molar-refractivity contribution in [2.75, 3.05) is 61.0 Å². The second-order valence-electron chi connectivity index (χ2n) is 8.17. The number of hydrogen-bond acceptors (Lipinski definition) is 9. The molecular weight excluding hydrogens is 408 g/mol. The summed E-state index contributed by atoms with van der Waals surface area (Å²) in [4.78, 5) is 38.1. The Bertz CT molecular complexity index is 551. The van der Waals surface area contributed by atoms with Crippen LogP contribution in [0.5, 0.6) is 0 Å². The zero-order chi connectivity index (χ0) is 23.9. The molecule has 9 heteroatoms. The first-order chi connectivity index (χ1) is 14.6. The van der Waals surface area contributed by atoms with E-state index >= 15 is 0 Å².